The highest BCUT2D eigenvalue weighted by molar-refractivity contribution is 8.14. The third-order valence-electron chi connectivity index (χ3n) is 2.45. The van der Waals surface area contributed by atoms with Crippen LogP contribution >= 0.6 is 11.8 Å². The summed E-state index contributed by atoms with van der Waals surface area (Å²) in [5, 5.41) is 0.0966. The Hall–Kier alpha value is -1.54. The Morgan fingerprint density at radius 2 is 1.59 bits per heavy atom. The van der Waals surface area contributed by atoms with Crippen LogP contribution in [0.15, 0.2) is 53.4 Å². The van der Waals surface area contributed by atoms with Crippen LogP contribution in [-0.2, 0) is 0 Å². The third-order valence-corrected chi connectivity index (χ3v) is 3.36. The summed E-state index contributed by atoms with van der Waals surface area (Å²) in [7, 11) is 0. The molecule has 0 radical (unpaired) electrons. The van der Waals surface area contributed by atoms with Crippen molar-refractivity contribution >= 4 is 16.9 Å². The lowest BCUT2D eigenvalue weighted by Crippen LogP contribution is -1.93. The smallest absolute Gasteiger partial charge is 0.224 e. The van der Waals surface area contributed by atoms with E-state index in [1.807, 2.05) is 62.4 Å². The molecule has 0 aliphatic rings. The Kier molecular flexibility index (Phi) is 3.64. The second-order valence-electron chi connectivity index (χ2n) is 4.08. The molecule has 0 aliphatic carbocycles. The Labute approximate surface area is 106 Å². The first-order valence-electron chi connectivity index (χ1n) is 5.51. The minimum absolute atomic E-state index is 0.0966. The van der Waals surface area contributed by atoms with Gasteiger partial charge in [-0.15, -0.1) is 0 Å². The van der Waals surface area contributed by atoms with Gasteiger partial charge in [-0.3, -0.25) is 4.79 Å². The maximum Gasteiger partial charge on any atom is 0.224 e. The number of rotatable bonds is 2. The van der Waals surface area contributed by atoms with Crippen LogP contribution in [0.5, 0.6) is 0 Å². The lowest BCUT2D eigenvalue weighted by Gasteiger charge is -2.02. The molecule has 0 amide bonds. The summed E-state index contributed by atoms with van der Waals surface area (Å²) in [4.78, 5) is 13.0. The van der Waals surface area contributed by atoms with Crippen LogP contribution in [0, 0.1) is 13.8 Å². The monoisotopic (exact) mass is 242 g/mol. The topological polar surface area (TPSA) is 17.1 Å². The molecule has 0 aliphatic heterocycles. The third kappa shape index (κ3) is 3.21. The van der Waals surface area contributed by atoms with Crippen LogP contribution in [0.3, 0.4) is 0 Å². The maximum atomic E-state index is 12.0. The lowest BCUT2D eigenvalue weighted by atomic mass is 10.2. The van der Waals surface area contributed by atoms with Gasteiger partial charge in [0.1, 0.15) is 0 Å². The van der Waals surface area contributed by atoms with E-state index >= 15 is 0 Å². The zero-order valence-corrected chi connectivity index (χ0v) is 10.8. The van der Waals surface area contributed by atoms with E-state index in [1.54, 1.807) is 0 Å². The van der Waals surface area contributed by atoms with Gasteiger partial charge in [0.2, 0.25) is 5.12 Å². The summed E-state index contributed by atoms with van der Waals surface area (Å²) in [6.45, 7) is 4.02. The number of carbonyl (C=O) groups is 1. The fourth-order valence-electron chi connectivity index (χ4n) is 1.62. The van der Waals surface area contributed by atoms with Gasteiger partial charge in [-0.25, -0.2) is 0 Å². The van der Waals surface area contributed by atoms with E-state index in [-0.39, 0.29) is 5.12 Å². The minimum Gasteiger partial charge on any atom is -0.281 e. The molecule has 2 rings (SSSR count). The predicted molar refractivity (Wildman–Crippen MR) is 72.5 cm³/mol. The van der Waals surface area contributed by atoms with Crippen molar-refractivity contribution in [1.82, 2.24) is 0 Å². The number of hydrogen-bond donors (Lipinski definition) is 0. The molecule has 86 valence electrons. The van der Waals surface area contributed by atoms with Crippen LogP contribution in [-0.4, -0.2) is 5.12 Å². The van der Waals surface area contributed by atoms with Crippen LogP contribution in [0.2, 0.25) is 0 Å². The first kappa shape index (κ1) is 11.9. The van der Waals surface area contributed by atoms with Crippen molar-refractivity contribution in [2.24, 2.45) is 0 Å². The Bertz CT molecular complexity index is 546. The van der Waals surface area contributed by atoms with E-state index in [0.717, 1.165) is 16.0 Å². The average molecular weight is 242 g/mol. The van der Waals surface area contributed by atoms with E-state index < -0.39 is 0 Å². The van der Waals surface area contributed by atoms with Crippen LogP contribution in [0.1, 0.15) is 21.5 Å². The standard InChI is InChI=1S/C15H14OS/c1-11-5-3-7-13(9-11)15(16)17-14-8-4-6-12(2)10-14/h3-10H,1-2H3. The van der Waals surface area contributed by atoms with Gasteiger partial charge in [-0.05, 0) is 43.8 Å². The number of thioether (sulfide) groups is 1. The molecule has 2 aromatic rings. The van der Waals surface area contributed by atoms with Crippen molar-refractivity contribution in [2.45, 2.75) is 18.7 Å². The lowest BCUT2D eigenvalue weighted by molar-refractivity contribution is 0.108. The van der Waals surface area contributed by atoms with Crippen molar-refractivity contribution < 1.29 is 4.79 Å². The van der Waals surface area contributed by atoms with E-state index in [9.17, 15) is 4.79 Å². The van der Waals surface area contributed by atoms with Gasteiger partial charge in [-0.1, -0.05) is 41.5 Å². The van der Waals surface area contributed by atoms with Crippen molar-refractivity contribution in [2.75, 3.05) is 0 Å². The zero-order chi connectivity index (χ0) is 12.3. The first-order valence-corrected chi connectivity index (χ1v) is 6.32. The predicted octanol–water partition coefficient (Wildman–Crippen LogP) is 4.24. The first-order chi connectivity index (χ1) is 8.15. The number of benzene rings is 2. The molecular formula is C15H14OS. The molecule has 0 aromatic heterocycles. The van der Waals surface area contributed by atoms with Crippen molar-refractivity contribution in [3.8, 4) is 0 Å². The molecule has 2 aromatic carbocycles. The van der Waals surface area contributed by atoms with Gasteiger partial charge >= 0.3 is 0 Å². The van der Waals surface area contributed by atoms with Crippen molar-refractivity contribution in [3.63, 3.8) is 0 Å². The van der Waals surface area contributed by atoms with Gasteiger partial charge in [-0.2, -0.15) is 0 Å². The molecule has 0 saturated carbocycles. The van der Waals surface area contributed by atoms with Gasteiger partial charge < -0.3 is 0 Å². The summed E-state index contributed by atoms with van der Waals surface area (Å²) < 4.78 is 0. The Morgan fingerprint density at radius 1 is 0.941 bits per heavy atom. The second-order valence-corrected chi connectivity index (χ2v) is 5.12. The van der Waals surface area contributed by atoms with E-state index in [0.29, 0.717) is 0 Å². The highest BCUT2D eigenvalue weighted by Crippen LogP contribution is 2.23. The van der Waals surface area contributed by atoms with E-state index in [1.165, 1.54) is 17.3 Å². The molecule has 0 spiro atoms. The zero-order valence-electron chi connectivity index (χ0n) is 9.94. The molecule has 0 saturated heterocycles. The number of carbonyl (C=O) groups excluding carboxylic acids is 1. The fraction of sp³-hybridized carbons (Fsp3) is 0.133. The molecule has 0 atom stereocenters. The molecule has 0 unspecified atom stereocenters. The SMILES string of the molecule is Cc1cccc(SC(=O)c2cccc(C)c2)c1. The quantitative estimate of drug-likeness (QED) is 0.733. The van der Waals surface area contributed by atoms with Crippen LogP contribution < -0.4 is 0 Å². The second kappa shape index (κ2) is 5.19. The van der Waals surface area contributed by atoms with Gasteiger partial charge in [0.15, 0.2) is 0 Å². The molecule has 0 fully saturated rings. The normalized spacial score (nSPS) is 10.2. The highest BCUT2D eigenvalue weighted by Gasteiger charge is 2.07. The largest absolute Gasteiger partial charge is 0.281 e. The summed E-state index contributed by atoms with van der Waals surface area (Å²) in [6, 6.07) is 15.7. The maximum absolute atomic E-state index is 12.0. The van der Waals surface area contributed by atoms with E-state index in [2.05, 4.69) is 0 Å². The average Bonchev–Trinajstić information content (AvgIpc) is 2.29. The van der Waals surface area contributed by atoms with E-state index in [4.69, 9.17) is 0 Å². The fourth-order valence-corrected chi connectivity index (χ4v) is 2.47. The molecule has 0 N–H and O–H groups in total. The molecule has 0 heterocycles. The van der Waals surface area contributed by atoms with Crippen molar-refractivity contribution in [1.29, 1.82) is 0 Å². The Balaban J connectivity index is 2.17. The van der Waals surface area contributed by atoms with Gasteiger partial charge in [0.25, 0.3) is 0 Å². The van der Waals surface area contributed by atoms with Crippen molar-refractivity contribution in [3.05, 3.63) is 65.2 Å². The summed E-state index contributed by atoms with van der Waals surface area (Å²) in [5.41, 5.74) is 3.05. The minimum atomic E-state index is 0.0966. The number of aryl methyl sites for hydroxylation is 2. The summed E-state index contributed by atoms with van der Waals surface area (Å²) in [6.07, 6.45) is 0. The number of hydrogen-bond acceptors (Lipinski definition) is 2. The molecular weight excluding hydrogens is 228 g/mol. The molecule has 0 bridgehead atoms. The summed E-state index contributed by atoms with van der Waals surface area (Å²) in [5.74, 6) is 0. The van der Waals surface area contributed by atoms with Crippen LogP contribution in [0.25, 0.3) is 0 Å². The Morgan fingerprint density at radius 3 is 2.24 bits per heavy atom. The highest BCUT2D eigenvalue weighted by atomic mass is 32.2. The molecule has 1 nitrogen and oxygen atoms in total. The van der Waals surface area contributed by atoms with Gasteiger partial charge in [0.05, 0.1) is 0 Å². The summed E-state index contributed by atoms with van der Waals surface area (Å²) >= 11 is 1.28. The van der Waals surface area contributed by atoms with Gasteiger partial charge in [0, 0.05) is 10.5 Å². The molecule has 2 heteroatoms. The molecule has 17 heavy (non-hydrogen) atoms. The van der Waals surface area contributed by atoms with Crippen LogP contribution in [0.4, 0.5) is 0 Å².